The van der Waals surface area contributed by atoms with Crippen LogP contribution in [-0.4, -0.2) is 59.5 Å². The maximum atomic E-state index is 11.7. The monoisotopic (exact) mass is 394 g/mol. The van der Waals surface area contributed by atoms with Crippen molar-refractivity contribution in [1.82, 2.24) is 9.80 Å². The molecule has 154 valence electrons. The van der Waals surface area contributed by atoms with Crippen molar-refractivity contribution in [1.29, 1.82) is 0 Å². The lowest BCUT2D eigenvalue weighted by molar-refractivity contribution is 0.0698. The quantitative estimate of drug-likeness (QED) is 0.675. The average molecular weight is 395 g/mol. The first-order chi connectivity index (χ1) is 14.1. The zero-order chi connectivity index (χ0) is 20.6. The molecule has 0 spiro atoms. The molecule has 1 N–H and O–H groups in total. The van der Waals surface area contributed by atoms with E-state index >= 15 is 0 Å². The molecule has 0 amide bonds. The fourth-order valence-electron chi connectivity index (χ4n) is 3.91. The molecule has 2 heterocycles. The Labute approximate surface area is 173 Å². The van der Waals surface area contributed by atoms with Gasteiger partial charge in [0.25, 0.3) is 0 Å². The van der Waals surface area contributed by atoms with Crippen LogP contribution in [0.3, 0.4) is 0 Å². The fourth-order valence-corrected chi connectivity index (χ4v) is 3.91. The van der Waals surface area contributed by atoms with Crippen LogP contribution >= 0.6 is 0 Å². The highest BCUT2D eigenvalue weighted by Gasteiger charge is 2.15. The molecule has 2 aliphatic heterocycles. The van der Waals surface area contributed by atoms with Crippen LogP contribution in [0.4, 0.5) is 11.4 Å². The number of aliphatic imine (C=N–C) groups is 2. The van der Waals surface area contributed by atoms with Crippen LogP contribution in [0, 0.1) is 0 Å². The third kappa shape index (κ3) is 5.34. The third-order valence-electron chi connectivity index (χ3n) is 5.48. The smallest absolute Gasteiger partial charge is 0.337 e. The lowest BCUT2D eigenvalue weighted by Gasteiger charge is -2.16. The van der Waals surface area contributed by atoms with Gasteiger partial charge in [0.05, 0.1) is 16.9 Å². The van der Waals surface area contributed by atoms with E-state index < -0.39 is 5.97 Å². The zero-order valence-electron chi connectivity index (χ0n) is 17.3. The van der Waals surface area contributed by atoms with E-state index in [9.17, 15) is 9.90 Å². The van der Waals surface area contributed by atoms with E-state index in [1.54, 1.807) is 30.6 Å². The second-order valence-electron chi connectivity index (χ2n) is 7.25. The number of hydrogen-bond donors (Lipinski definition) is 1. The van der Waals surface area contributed by atoms with Gasteiger partial charge in [-0.25, -0.2) is 4.79 Å². The summed E-state index contributed by atoms with van der Waals surface area (Å²) in [6, 6.07) is 5.11. The normalized spacial score (nSPS) is 20.2. The average Bonchev–Trinajstić information content (AvgIpc) is 3.37. The standard InChI is InChI=1S/C23H30N4O2/c1-3-26-15-5-7-19(26)11-13-24-18-9-10-22(21(17-18)23(28)29)25-14-12-20-8-6-16-27(20)4-2/h9-14,17H,3-8,15-16H2,1-2H3,(H,28,29)/b19-11-,20-12+,24-13?,25-14?. The number of likely N-dealkylation sites (tertiary alicyclic amines) is 2. The highest BCUT2D eigenvalue weighted by atomic mass is 16.4. The summed E-state index contributed by atoms with van der Waals surface area (Å²) in [5, 5.41) is 9.58. The minimum absolute atomic E-state index is 0.164. The summed E-state index contributed by atoms with van der Waals surface area (Å²) in [5.74, 6) is -0.996. The summed E-state index contributed by atoms with van der Waals surface area (Å²) in [6.07, 6.45) is 11.9. The summed E-state index contributed by atoms with van der Waals surface area (Å²) >= 11 is 0. The maximum absolute atomic E-state index is 11.7. The molecule has 6 nitrogen and oxygen atoms in total. The first-order valence-electron chi connectivity index (χ1n) is 10.5. The van der Waals surface area contributed by atoms with Crippen LogP contribution in [-0.2, 0) is 0 Å². The molecule has 0 saturated carbocycles. The molecule has 0 unspecified atom stereocenters. The second-order valence-corrected chi connectivity index (χ2v) is 7.25. The molecule has 0 atom stereocenters. The van der Waals surface area contributed by atoms with Crippen LogP contribution < -0.4 is 0 Å². The summed E-state index contributed by atoms with van der Waals surface area (Å²) in [6.45, 7) is 8.45. The number of carbonyl (C=O) groups is 1. The largest absolute Gasteiger partial charge is 0.478 e. The molecule has 1 aromatic rings. The van der Waals surface area contributed by atoms with Gasteiger partial charge < -0.3 is 14.9 Å². The number of aromatic carboxylic acids is 1. The van der Waals surface area contributed by atoms with Crippen molar-refractivity contribution in [2.45, 2.75) is 39.5 Å². The maximum Gasteiger partial charge on any atom is 0.337 e. The van der Waals surface area contributed by atoms with Crippen molar-refractivity contribution < 1.29 is 9.90 Å². The Kier molecular flexibility index (Phi) is 7.22. The third-order valence-corrected chi connectivity index (χ3v) is 5.48. The molecule has 0 aliphatic carbocycles. The van der Waals surface area contributed by atoms with Gasteiger partial charge in [-0.1, -0.05) is 0 Å². The SMILES string of the molecule is CCN1CCC/C1=C/C=Nc1ccc(N=C/C=C2\CCCN2CC)c(C(=O)O)c1. The summed E-state index contributed by atoms with van der Waals surface area (Å²) in [4.78, 5) is 25.2. The van der Waals surface area contributed by atoms with E-state index in [2.05, 4.69) is 33.6 Å². The molecule has 6 heteroatoms. The number of rotatable bonds is 7. The Morgan fingerprint density at radius 2 is 1.59 bits per heavy atom. The van der Waals surface area contributed by atoms with Gasteiger partial charge in [0.2, 0.25) is 0 Å². The highest BCUT2D eigenvalue weighted by molar-refractivity contribution is 5.96. The molecule has 29 heavy (non-hydrogen) atoms. The van der Waals surface area contributed by atoms with Gasteiger partial charge in [0.1, 0.15) is 0 Å². The van der Waals surface area contributed by atoms with Crippen molar-refractivity contribution in [2.75, 3.05) is 26.2 Å². The number of carboxylic acid groups (broad SMARTS) is 1. The molecule has 0 radical (unpaired) electrons. The predicted octanol–water partition coefficient (Wildman–Crippen LogP) is 4.79. The Morgan fingerprint density at radius 1 is 1.00 bits per heavy atom. The van der Waals surface area contributed by atoms with Crippen molar-refractivity contribution in [3.05, 3.63) is 47.3 Å². The highest BCUT2D eigenvalue weighted by Crippen LogP contribution is 2.26. The van der Waals surface area contributed by atoms with Crippen molar-refractivity contribution in [3.8, 4) is 0 Å². The number of carboxylic acids is 1. The predicted molar refractivity (Wildman–Crippen MR) is 119 cm³/mol. The lowest BCUT2D eigenvalue weighted by Crippen LogP contribution is -2.16. The molecule has 2 saturated heterocycles. The van der Waals surface area contributed by atoms with Crippen LogP contribution in [0.15, 0.2) is 51.7 Å². The second kappa shape index (κ2) is 10.0. The molecule has 2 fully saturated rings. The van der Waals surface area contributed by atoms with E-state index in [-0.39, 0.29) is 5.56 Å². The van der Waals surface area contributed by atoms with E-state index in [1.165, 1.54) is 17.8 Å². The zero-order valence-corrected chi connectivity index (χ0v) is 17.3. The number of nitrogens with zero attached hydrogens (tertiary/aromatic N) is 4. The van der Waals surface area contributed by atoms with Crippen molar-refractivity contribution >= 4 is 29.8 Å². The van der Waals surface area contributed by atoms with E-state index in [0.717, 1.165) is 45.4 Å². The van der Waals surface area contributed by atoms with Gasteiger partial charge in [0.15, 0.2) is 0 Å². The molecule has 2 aliphatic rings. The Bertz CT molecular complexity index is 854. The van der Waals surface area contributed by atoms with E-state index in [4.69, 9.17) is 0 Å². The molecule has 0 aromatic heterocycles. The van der Waals surface area contributed by atoms with Crippen LogP contribution in [0.5, 0.6) is 0 Å². The van der Waals surface area contributed by atoms with Crippen molar-refractivity contribution in [2.24, 2.45) is 9.98 Å². The molecular weight excluding hydrogens is 364 g/mol. The first kappa shape index (κ1) is 20.8. The van der Waals surface area contributed by atoms with E-state index in [1.807, 2.05) is 12.2 Å². The number of hydrogen-bond acceptors (Lipinski definition) is 5. The molecule has 1 aromatic carbocycles. The minimum Gasteiger partial charge on any atom is -0.478 e. The van der Waals surface area contributed by atoms with Gasteiger partial charge in [-0.15, -0.1) is 0 Å². The summed E-state index contributed by atoms with van der Waals surface area (Å²) in [7, 11) is 0. The Balaban J connectivity index is 1.74. The van der Waals surface area contributed by atoms with Gasteiger partial charge in [-0.05, 0) is 69.9 Å². The fraction of sp³-hybridized carbons (Fsp3) is 0.435. The van der Waals surface area contributed by atoms with Crippen LogP contribution in [0.25, 0.3) is 0 Å². The van der Waals surface area contributed by atoms with Gasteiger partial charge >= 0.3 is 5.97 Å². The van der Waals surface area contributed by atoms with Gasteiger partial charge in [-0.3, -0.25) is 9.98 Å². The minimum atomic E-state index is -0.996. The Hall–Kier alpha value is -2.89. The number of benzene rings is 1. The number of allylic oxidation sites excluding steroid dienone is 4. The Morgan fingerprint density at radius 3 is 2.14 bits per heavy atom. The lowest BCUT2D eigenvalue weighted by atomic mass is 10.1. The van der Waals surface area contributed by atoms with Gasteiger partial charge in [0, 0.05) is 50.0 Å². The van der Waals surface area contributed by atoms with Crippen LogP contribution in [0.2, 0.25) is 0 Å². The van der Waals surface area contributed by atoms with Gasteiger partial charge in [-0.2, -0.15) is 0 Å². The molecule has 3 rings (SSSR count). The van der Waals surface area contributed by atoms with Crippen molar-refractivity contribution in [3.63, 3.8) is 0 Å². The molecule has 0 bridgehead atoms. The molecular formula is C23H30N4O2. The first-order valence-corrected chi connectivity index (χ1v) is 10.5. The topological polar surface area (TPSA) is 68.5 Å². The van der Waals surface area contributed by atoms with Crippen LogP contribution in [0.1, 0.15) is 49.9 Å². The summed E-state index contributed by atoms with van der Waals surface area (Å²) in [5.41, 5.74) is 3.77. The summed E-state index contributed by atoms with van der Waals surface area (Å²) < 4.78 is 0. The van der Waals surface area contributed by atoms with E-state index in [0.29, 0.717) is 11.4 Å².